The molecule has 3 aliphatic heterocycles. The smallest absolute Gasteiger partial charge is 0.407 e. The number of nitrogens with zero attached hydrogens (tertiary/aromatic N) is 4. The fraction of sp³-hybridized carbons (Fsp3) is 0.455. The first-order valence-electron chi connectivity index (χ1n) is 20.6. The lowest BCUT2D eigenvalue weighted by Gasteiger charge is -2.32. The number of ether oxygens (including phenoxy) is 3. The van der Waals surface area contributed by atoms with Gasteiger partial charge in [0.05, 0.1) is 55.3 Å². The van der Waals surface area contributed by atoms with Crippen molar-refractivity contribution in [2.45, 2.75) is 109 Å². The van der Waals surface area contributed by atoms with Gasteiger partial charge in [-0.3, -0.25) is 9.59 Å². The molecule has 0 saturated carbocycles. The largest absolute Gasteiger partial charge is 0.488 e. The number of alkyl carbamates (subject to hydrolysis) is 2. The molecule has 4 amide bonds. The Kier molecular flexibility index (Phi) is 10.9. The zero-order valence-corrected chi connectivity index (χ0v) is 34.9. The molecule has 316 valence electrons. The summed E-state index contributed by atoms with van der Waals surface area (Å²) >= 11 is 0. The monoisotopic (exact) mass is 820 g/mol. The molecule has 16 heteroatoms. The SMILES string of the molecule is COC(=O)NC(C(=O)N1[C@@H](C)CC[C@H]1c1ncc(-c2ccc3c(c2)COc2cc4c(ccc5nc([C@@H]6CC[C@H](C)N6C(=O)[C@@H](NC(=O)OC)[C@@H](C)O)[nH]c54)cc2-3)[nH]1)C(C)C. The van der Waals surface area contributed by atoms with E-state index in [1.807, 2.05) is 50.8 Å². The Morgan fingerprint density at radius 1 is 0.817 bits per heavy atom. The van der Waals surface area contributed by atoms with E-state index >= 15 is 0 Å². The van der Waals surface area contributed by atoms with Crippen LogP contribution in [0.3, 0.4) is 0 Å². The van der Waals surface area contributed by atoms with Gasteiger partial charge in [-0.2, -0.15) is 0 Å². The number of benzene rings is 3. The zero-order valence-electron chi connectivity index (χ0n) is 34.9. The van der Waals surface area contributed by atoms with Crippen molar-refractivity contribution >= 4 is 45.8 Å². The lowest BCUT2D eigenvalue weighted by Crippen LogP contribution is -2.54. The van der Waals surface area contributed by atoms with Gasteiger partial charge in [0.15, 0.2) is 0 Å². The van der Waals surface area contributed by atoms with Crippen LogP contribution in [0.2, 0.25) is 0 Å². The molecule has 0 radical (unpaired) electrons. The van der Waals surface area contributed by atoms with Gasteiger partial charge >= 0.3 is 12.2 Å². The fourth-order valence-corrected chi connectivity index (χ4v) is 9.13. The molecule has 3 aromatic carbocycles. The van der Waals surface area contributed by atoms with Gasteiger partial charge in [-0.05, 0) is 98.7 Å². The van der Waals surface area contributed by atoms with Gasteiger partial charge in [-0.1, -0.05) is 32.0 Å². The second kappa shape index (κ2) is 16.1. The van der Waals surface area contributed by atoms with E-state index < -0.39 is 36.3 Å². The van der Waals surface area contributed by atoms with Crippen LogP contribution in [0.4, 0.5) is 9.59 Å². The third-order valence-electron chi connectivity index (χ3n) is 12.4. The van der Waals surface area contributed by atoms with Crippen LogP contribution in [-0.4, -0.2) is 103 Å². The lowest BCUT2D eigenvalue weighted by atomic mass is 9.92. The van der Waals surface area contributed by atoms with Crippen molar-refractivity contribution in [2.75, 3.05) is 14.2 Å². The number of carbonyl (C=O) groups is 4. The molecule has 0 bridgehead atoms. The molecule has 8 rings (SSSR count). The summed E-state index contributed by atoms with van der Waals surface area (Å²) in [4.78, 5) is 72.0. The van der Waals surface area contributed by atoms with Gasteiger partial charge < -0.3 is 49.7 Å². The van der Waals surface area contributed by atoms with E-state index in [1.54, 1.807) is 11.1 Å². The lowest BCUT2D eigenvalue weighted by molar-refractivity contribution is -0.139. The van der Waals surface area contributed by atoms with Crippen LogP contribution in [0.25, 0.3) is 44.2 Å². The molecule has 60 heavy (non-hydrogen) atoms. The highest BCUT2D eigenvalue weighted by Gasteiger charge is 2.43. The fourth-order valence-electron chi connectivity index (χ4n) is 9.13. The molecule has 5 N–H and O–H groups in total. The summed E-state index contributed by atoms with van der Waals surface area (Å²) in [6.07, 6.45) is 2.20. The maximum atomic E-state index is 13.9. The Morgan fingerprint density at radius 3 is 2.12 bits per heavy atom. The Morgan fingerprint density at radius 2 is 1.47 bits per heavy atom. The molecule has 5 heterocycles. The summed E-state index contributed by atoms with van der Waals surface area (Å²) in [6.45, 7) is 9.60. The van der Waals surface area contributed by atoms with E-state index in [0.29, 0.717) is 24.7 Å². The van der Waals surface area contributed by atoms with E-state index in [9.17, 15) is 24.3 Å². The number of imidazole rings is 2. The molecule has 2 aromatic heterocycles. The van der Waals surface area contributed by atoms with Crippen LogP contribution in [0, 0.1) is 5.92 Å². The summed E-state index contributed by atoms with van der Waals surface area (Å²) < 4.78 is 15.9. The number of fused-ring (bicyclic) bond motifs is 6. The number of aliphatic hydroxyl groups excluding tert-OH is 1. The number of carbonyl (C=O) groups excluding carboxylic acids is 4. The molecule has 5 aromatic rings. The van der Waals surface area contributed by atoms with Gasteiger partial charge in [0.2, 0.25) is 11.8 Å². The minimum absolute atomic E-state index is 0.0231. The Bertz CT molecular complexity index is 2480. The summed E-state index contributed by atoms with van der Waals surface area (Å²) in [6, 6.07) is 11.7. The van der Waals surface area contributed by atoms with E-state index in [-0.39, 0.29) is 36.0 Å². The Labute approximate surface area is 347 Å². The number of aromatic nitrogens is 4. The van der Waals surface area contributed by atoms with E-state index in [0.717, 1.165) is 74.8 Å². The molecule has 1 unspecified atom stereocenters. The number of nitrogens with one attached hydrogen (secondary N) is 4. The molecular formula is C44H52N8O8. The van der Waals surface area contributed by atoms with E-state index in [4.69, 9.17) is 24.2 Å². The van der Waals surface area contributed by atoms with Crippen LogP contribution in [0.1, 0.15) is 89.6 Å². The number of aromatic amines is 2. The number of H-pyrrole nitrogens is 2. The molecule has 7 atom stereocenters. The quantitative estimate of drug-likeness (QED) is 0.113. The standard InChI is InChI=1S/C44H52N8O8/c1-21(2)36(49-43(56)58-6)41(54)51-22(3)8-14-33(51)39-45-19-32(47-39)26-10-12-28-27(16-26)20-60-35-18-29-25(17-30(28)35)11-13-31-38(29)48-40(46-31)34-15-9-23(4)52(34)42(55)37(24(5)53)50-44(57)59-7/h10-13,16-19,21-24,33-34,36-37,53H,8-9,14-15,20H2,1-7H3,(H,45,47)(H,46,48)(H,49,56)(H,50,57)/t22-,23-,24+,33-,34-,36?,37-/m0/s1. The number of hydrogen-bond donors (Lipinski definition) is 5. The minimum atomic E-state index is -1.17. The van der Waals surface area contributed by atoms with Gasteiger partial charge in [0.1, 0.15) is 36.1 Å². The van der Waals surface area contributed by atoms with Gasteiger partial charge in [-0.15, -0.1) is 0 Å². The third-order valence-corrected chi connectivity index (χ3v) is 12.4. The van der Waals surface area contributed by atoms with Crippen molar-refractivity contribution < 1.29 is 38.5 Å². The average Bonchev–Trinajstić information content (AvgIpc) is 4.06. The number of methoxy groups -OCH3 is 2. The number of likely N-dealkylation sites (tertiary alicyclic amines) is 2. The number of rotatable bonds is 9. The van der Waals surface area contributed by atoms with E-state index in [2.05, 4.69) is 44.9 Å². The van der Waals surface area contributed by atoms with Crippen molar-refractivity contribution in [3.8, 4) is 28.1 Å². The van der Waals surface area contributed by atoms with Crippen molar-refractivity contribution in [3.63, 3.8) is 0 Å². The number of amides is 4. The first kappa shape index (κ1) is 40.6. The maximum absolute atomic E-state index is 13.9. The highest BCUT2D eigenvalue weighted by molar-refractivity contribution is 6.07. The molecule has 2 fully saturated rings. The van der Waals surface area contributed by atoms with Gasteiger partial charge in [-0.25, -0.2) is 19.6 Å². The maximum Gasteiger partial charge on any atom is 0.407 e. The van der Waals surface area contributed by atoms with Crippen LogP contribution < -0.4 is 15.4 Å². The third kappa shape index (κ3) is 7.26. The molecule has 0 aliphatic carbocycles. The van der Waals surface area contributed by atoms with Crippen molar-refractivity contribution in [2.24, 2.45) is 5.92 Å². The second-order valence-corrected chi connectivity index (χ2v) is 16.6. The van der Waals surface area contributed by atoms with Crippen molar-refractivity contribution in [1.82, 2.24) is 40.4 Å². The van der Waals surface area contributed by atoms with Crippen LogP contribution in [-0.2, 0) is 25.7 Å². The predicted molar refractivity (Wildman–Crippen MR) is 223 cm³/mol. The topological polar surface area (TPSA) is 204 Å². The minimum Gasteiger partial charge on any atom is -0.488 e. The van der Waals surface area contributed by atoms with Crippen molar-refractivity contribution in [3.05, 3.63) is 65.9 Å². The Balaban J connectivity index is 1.05. The average molecular weight is 821 g/mol. The summed E-state index contributed by atoms with van der Waals surface area (Å²) in [5.74, 6) is 1.38. The van der Waals surface area contributed by atoms with Crippen LogP contribution >= 0.6 is 0 Å². The van der Waals surface area contributed by atoms with Crippen LogP contribution in [0.5, 0.6) is 5.75 Å². The highest BCUT2D eigenvalue weighted by Crippen LogP contribution is 2.44. The summed E-state index contributed by atoms with van der Waals surface area (Å²) in [7, 11) is 2.50. The Hall–Kier alpha value is -6.16. The molecular weight excluding hydrogens is 769 g/mol. The van der Waals surface area contributed by atoms with Gasteiger partial charge in [0.25, 0.3) is 0 Å². The normalized spacial score (nSPS) is 21.3. The predicted octanol–water partition coefficient (Wildman–Crippen LogP) is 6.26. The first-order valence-corrected chi connectivity index (χ1v) is 20.6. The van der Waals surface area contributed by atoms with Gasteiger partial charge in [0, 0.05) is 23.0 Å². The first-order chi connectivity index (χ1) is 28.8. The van der Waals surface area contributed by atoms with E-state index in [1.165, 1.54) is 21.1 Å². The molecule has 0 spiro atoms. The summed E-state index contributed by atoms with van der Waals surface area (Å²) in [5.41, 5.74) is 6.41. The summed E-state index contributed by atoms with van der Waals surface area (Å²) in [5, 5.41) is 17.6. The van der Waals surface area contributed by atoms with Crippen LogP contribution in [0.15, 0.2) is 48.7 Å². The molecule has 2 saturated heterocycles. The number of aliphatic hydroxyl groups is 1. The second-order valence-electron chi connectivity index (χ2n) is 16.6. The molecule has 3 aliphatic rings. The zero-order chi connectivity index (χ0) is 42.6. The highest BCUT2D eigenvalue weighted by atomic mass is 16.5. The number of hydrogen-bond acceptors (Lipinski definition) is 10. The molecule has 16 nitrogen and oxygen atoms in total. The van der Waals surface area contributed by atoms with Crippen molar-refractivity contribution in [1.29, 1.82) is 0 Å².